The number of carbonyl (C=O) groups excluding carboxylic acids is 1. The molecule has 28 heavy (non-hydrogen) atoms. The van der Waals surface area contributed by atoms with E-state index in [4.69, 9.17) is 0 Å². The van der Waals surface area contributed by atoms with Gasteiger partial charge in [-0.25, -0.2) is 4.39 Å². The zero-order valence-corrected chi connectivity index (χ0v) is 16.1. The lowest BCUT2D eigenvalue weighted by Gasteiger charge is -2.34. The summed E-state index contributed by atoms with van der Waals surface area (Å²) in [6.07, 6.45) is 1.66. The van der Waals surface area contributed by atoms with Crippen LogP contribution in [0.3, 0.4) is 0 Å². The third-order valence-corrected chi connectivity index (χ3v) is 5.35. The van der Waals surface area contributed by atoms with Crippen LogP contribution < -0.4 is 15.5 Å². The summed E-state index contributed by atoms with van der Waals surface area (Å²) in [6.45, 7) is 6.58. The monoisotopic (exact) mass is 387 g/mol. The van der Waals surface area contributed by atoms with Gasteiger partial charge in [0.15, 0.2) is 5.69 Å². The molecule has 0 spiro atoms. The predicted octanol–water partition coefficient (Wildman–Crippen LogP) is 0.318. The van der Waals surface area contributed by atoms with Gasteiger partial charge in [0.25, 0.3) is 5.91 Å². The molecule has 0 bridgehead atoms. The molecule has 0 aliphatic carbocycles. The Morgan fingerprint density at radius 2 is 2.04 bits per heavy atom. The maximum absolute atomic E-state index is 14.1. The number of piperazine rings is 1. The fourth-order valence-corrected chi connectivity index (χ4v) is 3.49. The van der Waals surface area contributed by atoms with E-state index < -0.39 is 0 Å². The summed E-state index contributed by atoms with van der Waals surface area (Å²) in [5.74, 6) is -0.0537. The van der Waals surface area contributed by atoms with Gasteiger partial charge < -0.3 is 20.4 Å². The second-order valence-electron chi connectivity index (χ2n) is 7.64. The van der Waals surface area contributed by atoms with E-state index >= 15 is 0 Å². The molecule has 2 aliphatic heterocycles. The lowest BCUT2D eigenvalue weighted by atomic mass is 10.0. The van der Waals surface area contributed by atoms with Gasteiger partial charge in [-0.1, -0.05) is 5.21 Å². The van der Waals surface area contributed by atoms with E-state index in [1.807, 2.05) is 6.07 Å². The Morgan fingerprint density at radius 3 is 2.75 bits per heavy atom. The molecule has 0 atom stereocenters. The molecule has 4 rings (SSSR count). The van der Waals surface area contributed by atoms with Gasteiger partial charge >= 0.3 is 0 Å². The first-order chi connectivity index (χ1) is 13.6. The molecule has 0 radical (unpaired) electrons. The average Bonchev–Trinajstić information content (AvgIpc) is 3.12. The van der Waals surface area contributed by atoms with Crippen LogP contribution in [0.2, 0.25) is 0 Å². The van der Waals surface area contributed by atoms with E-state index in [9.17, 15) is 9.18 Å². The molecule has 8 nitrogen and oxygen atoms in total. The first kappa shape index (κ1) is 18.8. The van der Waals surface area contributed by atoms with Crippen molar-refractivity contribution in [3.8, 4) is 0 Å². The Bertz CT molecular complexity index is 827. The summed E-state index contributed by atoms with van der Waals surface area (Å²) in [4.78, 5) is 16.8. The van der Waals surface area contributed by atoms with E-state index in [2.05, 4.69) is 37.8 Å². The molecule has 1 amide bonds. The van der Waals surface area contributed by atoms with Crippen molar-refractivity contribution in [2.45, 2.75) is 13.1 Å². The molecule has 150 valence electrons. The van der Waals surface area contributed by atoms with Gasteiger partial charge in [0.1, 0.15) is 5.82 Å². The maximum Gasteiger partial charge on any atom is 0.273 e. The minimum absolute atomic E-state index is 0.247. The Kier molecular flexibility index (Phi) is 5.54. The number of carbonyl (C=O) groups is 1. The highest BCUT2D eigenvalue weighted by Crippen LogP contribution is 2.20. The number of hydrogen-bond donors (Lipinski definition) is 2. The summed E-state index contributed by atoms with van der Waals surface area (Å²) in [6, 6.07) is 4.95. The highest BCUT2D eigenvalue weighted by atomic mass is 19.1. The molecular formula is C19H26FN7O. The Hall–Kier alpha value is -2.52. The van der Waals surface area contributed by atoms with Crippen LogP contribution >= 0.6 is 0 Å². The number of hydrogen-bond acceptors (Lipinski definition) is 6. The van der Waals surface area contributed by atoms with Crippen LogP contribution in [0, 0.1) is 11.7 Å². The zero-order chi connectivity index (χ0) is 19.5. The summed E-state index contributed by atoms with van der Waals surface area (Å²) >= 11 is 0. The topological polar surface area (TPSA) is 78.3 Å². The first-order valence-electron chi connectivity index (χ1n) is 9.69. The Morgan fingerprint density at radius 1 is 1.25 bits per heavy atom. The van der Waals surface area contributed by atoms with Crippen LogP contribution in [0.5, 0.6) is 0 Å². The summed E-state index contributed by atoms with van der Waals surface area (Å²) in [7, 11) is 2.09. The van der Waals surface area contributed by atoms with Crippen LogP contribution in [-0.4, -0.2) is 72.1 Å². The van der Waals surface area contributed by atoms with Crippen molar-refractivity contribution in [3.63, 3.8) is 0 Å². The molecule has 3 heterocycles. The van der Waals surface area contributed by atoms with Gasteiger partial charge in [-0.15, -0.1) is 5.10 Å². The summed E-state index contributed by atoms with van der Waals surface area (Å²) in [5, 5.41) is 14.0. The number of aromatic nitrogens is 3. The number of amides is 1. The highest BCUT2D eigenvalue weighted by Gasteiger charge is 2.19. The van der Waals surface area contributed by atoms with Gasteiger partial charge in [-0.3, -0.25) is 9.48 Å². The molecule has 2 aliphatic rings. The molecule has 0 unspecified atom stereocenters. The van der Waals surface area contributed by atoms with Gasteiger partial charge in [-0.05, 0) is 30.8 Å². The smallest absolute Gasteiger partial charge is 0.273 e. The fraction of sp³-hybridized carbons (Fsp3) is 0.526. The molecule has 9 heteroatoms. The molecule has 2 fully saturated rings. The first-order valence-corrected chi connectivity index (χ1v) is 9.69. The third-order valence-electron chi connectivity index (χ3n) is 5.35. The van der Waals surface area contributed by atoms with E-state index in [0.29, 0.717) is 5.92 Å². The van der Waals surface area contributed by atoms with Gasteiger partial charge in [0, 0.05) is 64.0 Å². The van der Waals surface area contributed by atoms with E-state index in [1.165, 1.54) is 6.07 Å². The molecular weight excluding hydrogens is 361 g/mol. The van der Waals surface area contributed by atoms with Gasteiger partial charge in [0.2, 0.25) is 0 Å². The van der Waals surface area contributed by atoms with Crippen molar-refractivity contribution >= 4 is 11.6 Å². The lowest BCUT2D eigenvalue weighted by molar-refractivity contribution is 0.0945. The molecule has 1 aromatic carbocycles. The van der Waals surface area contributed by atoms with E-state index in [1.54, 1.807) is 16.9 Å². The number of benzene rings is 1. The standard InChI is InChI=1S/C19H26FN7O/c1-25-2-4-26(5-3-25)17-7-14(6-16(20)8-17)11-22-19(28)18-13-27(24-23-18)12-15-9-21-10-15/h6-8,13,15,21H,2-5,9-12H2,1H3,(H,22,28). The fourth-order valence-electron chi connectivity index (χ4n) is 3.49. The van der Waals surface area contributed by atoms with Crippen molar-refractivity contribution in [2.75, 3.05) is 51.2 Å². The Balaban J connectivity index is 1.35. The number of nitrogens with zero attached hydrogens (tertiary/aromatic N) is 5. The van der Waals surface area contributed by atoms with Crippen molar-refractivity contribution in [1.82, 2.24) is 30.5 Å². The summed E-state index contributed by atoms with van der Waals surface area (Å²) < 4.78 is 15.8. The normalized spacial score (nSPS) is 18.1. The highest BCUT2D eigenvalue weighted by molar-refractivity contribution is 5.91. The number of halogens is 1. The maximum atomic E-state index is 14.1. The average molecular weight is 387 g/mol. The molecule has 2 aromatic rings. The number of likely N-dealkylation sites (N-methyl/N-ethyl adjacent to an activating group) is 1. The van der Waals surface area contributed by atoms with Gasteiger partial charge in [-0.2, -0.15) is 0 Å². The molecule has 2 N–H and O–H groups in total. The van der Waals surface area contributed by atoms with Crippen molar-refractivity contribution < 1.29 is 9.18 Å². The quantitative estimate of drug-likeness (QED) is 0.743. The van der Waals surface area contributed by atoms with Crippen molar-refractivity contribution in [1.29, 1.82) is 0 Å². The van der Waals surface area contributed by atoms with Crippen LogP contribution in [0.1, 0.15) is 16.1 Å². The number of anilines is 1. The lowest BCUT2D eigenvalue weighted by Crippen LogP contribution is -2.44. The van der Waals surface area contributed by atoms with Crippen molar-refractivity contribution in [3.05, 3.63) is 41.5 Å². The largest absolute Gasteiger partial charge is 0.369 e. The van der Waals surface area contributed by atoms with Crippen LogP contribution in [0.15, 0.2) is 24.4 Å². The summed E-state index contributed by atoms with van der Waals surface area (Å²) in [5.41, 5.74) is 1.87. The second-order valence-corrected chi connectivity index (χ2v) is 7.64. The van der Waals surface area contributed by atoms with Crippen LogP contribution in [-0.2, 0) is 13.1 Å². The second kappa shape index (κ2) is 8.24. The van der Waals surface area contributed by atoms with Crippen LogP contribution in [0.4, 0.5) is 10.1 Å². The van der Waals surface area contributed by atoms with E-state index in [0.717, 1.165) is 57.1 Å². The zero-order valence-electron chi connectivity index (χ0n) is 16.1. The minimum Gasteiger partial charge on any atom is -0.369 e. The van der Waals surface area contributed by atoms with Gasteiger partial charge in [0.05, 0.1) is 6.20 Å². The molecule has 0 saturated carbocycles. The SMILES string of the molecule is CN1CCN(c2cc(F)cc(CNC(=O)c3cn(CC4CNC4)nn3)c2)CC1. The minimum atomic E-state index is -0.302. The molecule has 1 aromatic heterocycles. The Labute approximate surface area is 163 Å². The number of nitrogens with one attached hydrogen (secondary N) is 2. The number of rotatable bonds is 6. The van der Waals surface area contributed by atoms with Crippen LogP contribution in [0.25, 0.3) is 0 Å². The molecule has 2 saturated heterocycles. The van der Waals surface area contributed by atoms with E-state index in [-0.39, 0.29) is 24.0 Å². The predicted molar refractivity (Wildman–Crippen MR) is 104 cm³/mol. The third kappa shape index (κ3) is 4.48. The van der Waals surface area contributed by atoms with Crippen molar-refractivity contribution in [2.24, 2.45) is 5.92 Å².